The molecule has 23 heavy (non-hydrogen) atoms. The van der Waals surface area contributed by atoms with Gasteiger partial charge < -0.3 is 9.71 Å². The van der Waals surface area contributed by atoms with Crippen molar-refractivity contribution < 1.29 is 4.79 Å². The molecule has 1 aromatic carbocycles. The molecule has 1 saturated carbocycles. The fraction of sp³-hybridized carbons (Fsp3) is 0.500. The Morgan fingerprint density at radius 2 is 1.87 bits per heavy atom. The first-order chi connectivity index (χ1) is 11.1. The minimum absolute atomic E-state index is 0.0857. The Balaban J connectivity index is 1.45. The lowest BCUT2D eigenvalue weighted by molar-refractivity contribution is -0.122. The normalized spacial score (nSPS) is 31.3. The Hall–Kier alpha value is -1.26. The van der Waals surface area contributed by atoms with Crippen LogP contribution in [0.1, 0.15) is 18.4 Å². The summed E-state index contributed by atoms with van der Waals surface area (Å²) in [5.74, 6) is 1.88. The minimum atomic E-state index is -0.0857. The van der Waals surface area contributed by atoms with Crippen LogP contribution in [0.4, 0.5) is 0 Å². The van der Waals surface area contributed by atoms with Crippen molar-refractivity contribution in [1.82, 2.24) is 9.71 Å². The van der Waals surface area contributed by atoms with Crippen molar-refractivity contribution >= 4 is 25.5 Å². The number of benzene rings is 1. The van der Waals surface area contributed by atoms with Gasteiger partial charge in [-0.2, -0.15) is 0 Å². The first kappa shape index (κ1) is 15.3. The fourth-order valence-electron chi connectivity index (χ4n) is 4.55. The predicted octanol–water partition coefficient (Wildman–Crippen LogP) is 2.65. The standard InChI is InChI=1S/C18H20BClN2O/c19-22(9-12-1-3-16(20)4-2-12)18(23)7-17-14-5-13-6-15(17)11-21(8-13)10-14/h1-4,7,13-15H,5-6,8-11H2. The third kappa shape index (κ3) is 3.07. The first-order valence-electron chi connectivity index (χ1n) is 8.33. The van der Waals surface area contributed by atoms with Crippen LogP contribution in [-0.2, 0) is 11.3 Å². The Morgan fingerprint density at radius 1 is 1.22 bits per heavy atom. The third-order valence-electron chi connectivity index (χ3n) is 5.49. The van der Waals surface area contributed by atoms with Gasteiger partial charge in [-0.3, -0.25) is 4.79 Å². The summed E-state index contributed by atoms with van der Waals surface area (Å²) in [7, 11) is 5.99. The molecule has 5 heteroatoms. The van der Waals surface area contributed by atoms with Crippen LogP contribution in [0.25, 0.3) is 0 Å². The van der Waals surface area contributed by atoms with Gasteiger partial charge in [-0.05, 0) is 48.3 Å². The molecule has 0 N–H and O–H groups in total. The number of halogens is 1. The van der Waals surface area contributed by atoms with E-state index in [9.17, 15) is 4.79 Å². The Labute approximate surface area is 143 Å². The SMILES string of the molecule is [B]N(Cc1ccc(Cl)cc1)C(=O)C=C1C2CC3CC1CN(C3)C2. The number of hydrogen-bond acceptors (Lipinski definition) is 2. The topological polar surface area (TPSA) is 23.6 Å². The summed E-state index contributed by atoms with van der Waals surface area (Å²) >= 11 is 5.88. The molecule has 5 rings (SSSR count). The van der Waals surface area contributed by atoms with Gasteiger partial charge >= 0.3 is 0 Å². The molecular weight excluding hydrogens is 306 g/mol. The van der Waals surface area contributed by atoms with Crippen LogP contribution in [0.3, 0.4) is 0 Å². The zero-order valence-corrected chi connectivity index (χ0v) is 13.9. The summed E-state index contributed by atoms with van der Waals surface area (Å²) in [6.07, 6.45) is 4.31. The minimum Gasteiger partial charge on any atom is -0.389 e. The second-order valence-corrected chi connectivity index (χ2v) is 7.62. The van der Waals surface area contributed by atoms with Gasteiger partial charge in [0.25, 0.3) is 0 Å². The van der Waals surface area contributed by atoms with E-state index in [2.05, 4.69) is 4.90 Å². The highest BCUT2D eigenvalue weighted by Crippen LogP contribution is 2.46. The van der Waals surface area contributed by atoms with Crippen LogP contribution in [-0.4, -0.2) is 43.2 Å². The van der Waals surface area contributed by atoms with E-state index in [4.69, 9.17) is 19.6 Å². The van der Waals surface area contributed by atoms with E-state index in [1.165, 1.54) is 29.8 Å². The zero-order valence-electron chi connectivity index (χ0n) is 13.1. The second-order valence-electron chi connectivity index (χ2n) is 7.19. The average molecular weight is 327 g/mol. The quantitative estimate of drug-likeness (QED) is 0.630. The van der Waals surface area contributed by atoms with E-state index >= 15 is 0 Å². The van der Waals surface area contributed by atoms with Crippen molar-refractivity contribution in [2.75, 3.05) is 19.6 Å². The zero-order chi connectivity index (χ0) is 16.0. The monoisotopic (exact) mass is 326 g/mol. The molecule has 4 fully saturated rings. The molecular formula is C18H20BClN2O. The van der Waals surface area contributed by atoms with E-state index in [0.29, 0.717) is 23.4 Å². The Kier molecular flexibility index (Phi) is 3.98. The number of piperidine rings is 3. The van der Waals surface area contributed by atoms with Gasteiger partial charge in [-0.15, -0.1) is 0 Å². The number of amides is 1. The highest BCUT2D eigenvalue weighted by molar-refractivity contribution is 6.30. The fourth-order valence-corrected chi connectivity index (χ4v) is 4.68. The number of carbonyl (C=O) groups is 1. The van der Waals surface area contributed by atoms with E-state index in [1.807, 2.05) is 30.3 Å². The van der Waals surface area contributed by atoms with E-state index in [-0.39, 0.29) is 5.91 Å². The molecule has 2 atom stereocenters. The third-order valence-corrected chi connectivity index (χ3v) is 5.74. The van der Waals surface area contributed by atoms with E-state index in [1.54, 1.807) is 0 Å². The summed E-state index contributed by atoms with van der Waals surface area (Å²) in [5, 5.41) is 0.689. The summed E-state index contributed by atoms with van der Waals surface area (Å²) in [4.78, 5) is 16.4. The number of nitrogens with zero attached hydrogens (tertiary/aromatic N) is 2. The molecule has 2 unspecified atom stereocenters. The summed E-state index contributed by atoms with van der Waals surface area (Å²) in [5.41, 5.74) is 2.33. The molecule has 3 saturated heterocycles. The molecule has 1 aromatic rings. The maximum Gasteiger partial charge on any atom is 0.233 e. The van der Waals surface area contributed by atoms with Crippen LogP contribution in [0.15, 0.2) is 35.9 Å². The van der Waals surface area contributed by atoms with Gasteiger partial charge in [0.2, 0.25) is 13.9 Å². The van der Waals surface area contributed by atoms with Crippen molar-refractivity contribution in [2.24, 2.45) is 17.8 Å². The smallest absolute Gasteiger partial charge is 0.233 e. The molecule has 1 amide bonds. The maximum atomic E-state index is 12.5. The van der Waals surface area contributed by atoms with Crippen molar-refractivity contribution in [3.8, 4) is 0 Å². The predicted molar refractivity (Wildman–Crippen MR) is 92.0 cm³/mol. The largest absolute Gasteiger partial charge is 0.389 e. The van der Waals surface area contributed by atoms with Gasteiger partial charge in [-0.1, -0.05) is 29.3 Å². The summed E-state index contributed by atoms with van der Waals surface area (Å²) in [6.45, 7) is 3.90. The molecule has 3 heterocycles. The molecule has 4 bridgehead atoms. The summed E-state index contributed by atoms with van der Waals surface area (Å²) in [6, 6.07) is 7.44. The van der Waals surface area contributed by atoms with Gasteiger partial charge in [0, 0.05) is 37.3 Å². The molecule has 3 aliphatic heterocycles. The van der Waals surface area contributed by atoms with Crippen molar-refractivity contribution in [3.05, 3.63) is 46.5 Å². The van der Waals surface area contributed by atoms with Crippen molar-refractivity contribution in [3.63, 3.8) is 0 Å². The molecule has 1 aliphatic carbocycles. The number of rotatable bonds is 3. The number of hydrogen-bond donors (Lipinski definition) is 0. The van der Waals surface area contributed by atoms with Crippen molar-refractivity contribution in [1.29, 1.82) is 0 Å². The van der Waals surface area contributed by atoms with Gasteiger partial charge in [0.1, 0.15) is 0 Å². The maximum absolute atomic E-state index is 12.5. The lowest BCUT2D eigenvalue weighted by atomic mass is 9.65. The molecule has 3 nitrogen and oxygen atoms in total. The van der Waals surface area contributed by atoms with Crippen LogP contribution in [0, 0.1) is 17.8 Å². The van der Waals surface area contributed by atoms with E-state index in [0.717, 1.165) is 24.6 Å². The molecule has 0 spiro atoms. The second kappa shape index (κ2) is 5.99. The number of carbonyl (C=O) groups excluding carboxylic acids is 1. The van der Waals surface area contributed by atoms with Crippen LogP contribution >= 0.6 is 11.6 Å². The van der Waals surface area contributed by atoms with Crippen LogP contribution in [0.2, 0.25) is 5.02 Å². The van der Waals surface area contributed by atoms with Crippen molar-refractivity contribution in [2.45, 2.75) is 19.4 Å². The lowest BCUT2D eigenvalue weighted by Crippen LogP contribution is -2.54. The van der Waals surface area contributed by atoms with E-state index < -0.39 is 0 Å². The van der Waals surface area contributed by atoms with Gasteiger partial charge in [0.15, 0.2) is 0 Å². The average Bonchev–Trinajstić information content (AvgIpc) is 2.52. The van der Waals surface area contributed by atoms with Crippen LogP contribution < -0.4 is 0 Å². The summed E-state index contributed by atoms with van der Waals surface area (Å²) < 4.78 is 0. The highest BCUT2D eigenvalue weighted by Gasteiger charge is 2.44. The Morgan fingerprint density at radius 3 is 2.48 bits per heavy atom. The van der Waals surface area contributed by atoms with Gasteiger partial charge in [-0.25, -0.2) is 0 Å². The molecule has 2 radical (unpaired) electrons. The molecule has 0 aromatic heterocycles. The Bertz CT molecular complexity index is 613. The first-order valence-corrected chi connectivity index (χ1v) is 8.71. The molecule has 4 aliphatic rings. The highest BCUT2D eigenvalue weighted by atomic mass is 35.5. The van der Waals surface area contributed by atoms with Crippen LogP contribution in [0.5, 0.6) is 0 Å². The lowest BCUT2D eigenvalue weighted by Gasteiger charge is -2.53. The molecule has 118 valence electrons. The van der Waals surface area contributed by atoms with Gasteiger partial charge in [0.05, 0.1) is 0 Å².